The lowest BCUT2D eigenvalue weighted by Crippen LogP contribution is -2.45. The van der Waals surface area contributed by atoms with Crippen molar-refractivity contribution in [2.45, 2.75) is 39.9 Å². The Morgan fingerprint density at radius 3 is 2.48 bits per heavy atom. The molecule has 1 saturated heterocycles. The number of rotatable bonds is 3. The first-order valence-corrected chi connectivity index (χ1v) is 7.79. The van der Waals surface area contributed by atoms with E-state index in [1.165, 1.54) is 0 Å². The Balaban J connectivity index is 1.99. The van der Waals surface area contributed by atoms with Crippen LogP contribution in [0.2, 0.25) is 0 Å². The van der Waals surface area contributed by atoms with Crippen molar-refractivity contribution in [1.82, 2.24) is 10.1 Å². The summed E-state index contributed by atoms with van der Waals surface area (Å²) in [7, 11) is 0. The predicted octanol–water partition coefficient (Wildman–Crippen LogP) is 2.78. The number of nitrogens with zero attached hydrogens (tertiary/aromatic N) is 3. The Bertz CT molecular complexity index is 696. The van der Waals surface area contributed by atoms with Gasteiger partial charge in [-0.25, -0.2) is 4.98 Å². The second kappa shape index (κ2) is 6.12. The maximum absolute atomic E-state index is 11.6. The molecule has 3 rings (SSSR count). The van der Waals surface area contributed by atoms with Crippen LogP contribution in [0.1, 0.15) is 35.8 Å². The first kappa shape index (κ1) is 15.7. The Morgan fingerprint density at radius 1 is 1.22 bits per heavy atom. The largest absolute Gasteiger partial charge is 0.372 e. The minimum atomic E-state index is 0.125. The van der Waals surface area contributed by atoms with Gasteiger partial charge in [0.25, 0.3) is 0 Å². The average molecular weight is 315 g/mol. The molecular weight excluding hydrogens is 294 g/mol. The van der Waals surface area contributed by atoms with Gasteiger partial charge in [-0.1, -0.05) is 5.16 Å². The van der Waals surface area contributed by atoms with Crippen LogP contribution in [-0.2, 0) is 4.74 Å². The molecule has 1 aliphatic heterocycles. The van der Waals surface area contributed by atoms with Crippen molar-refractivity contribution in [1.29, 1.82) is 0 Å². The zero-order valence-electron chi connectivity index (χ0n) is 13.9. The molecule has 2 aromatic heterocycles. The normalized spacial score (nSPS) is 21.5. The third kappa shape index (κ3) is 2.99. The van der Waals surface area contributed by atoms with Gasteiger partial charge in [-0.05, 0) is 39.8 Å². The van der Waals surface area contributed by atoms with E-state index >= 15 is 0 Å². The van der Waals surface area contributed by atoms with Crippen LogP contribution < -0.4 is 4.90 Å². The number of carbonyl (C=O) groups excluding carboxylic acids is 1. The van der Waals surface area contributed by atoms with E-state index in [2.05, 4.69) is 15.0 Å². The fourth-order valence-corrected chi connectivity index (χ4v) is 3.18. The lowest BCUT2D eigenvalue weighted by molar-refractivity contribution is -0.00527. The van der Waals surface area contributed by atoms with Gasteiger partial charge in [0.2, 0.25) is 0 Å². The summed E-state index contributed by atoms with van der Waals surface area (Å²) in [5.41, 5.74) is 3.61. The second-order valence-electron chi connectivity index (χ2n) is 6.08. The van der Waals surface area contributed by atoms with Gasteiger partial charge >= 0.3 is 0 Å². The summed E-state index contributed by atoms with van der Waals surface area (Å²) in [4.78, 5) is 18.3. The summed E-state index contributed by atoms with van der Waals surface area (Å²) in [6.45, 7) is 9.28. The Kier molecular flexibility index (Phi) is 4.17. The van der Waals surface area contributed by atoms with Crippen LogP contribution in [0, 0.1) is 13.8 Å². The van der Waals surface area contributed by atoms with E-state index in [0.29, 0.717) is 17.1 Å². The maximum Gasteiger partial charge on any atom is 0.170 e. The van der Waals surface area contributed by atoms with Crippen molar-refractivity contribution in [3.63, 3.8) is 0 Å². The monoisotopic (exact) mass is 315 g/mol. The van der Waals surface area contributed by atoms with Crippen molar-refractivity contribution < 1.29 is 14.1 Å². The van der Waals surface area contributed by atoms with E-state index in [-0.39, 0.29) is 12.2 Å². The van der Waals surface area contributed by atoms with E-state index in [1.807, 2.05) is 39.8 Å². The quantitative estimate of drug-likeness (QED) is 0.811. The lowest BCUT2D eigenvalue weighted by Gasteiger charge is -2.37. The standard InChI is InChI=1S/C17H21N3O3/c1-10-7-20(8-11(2)22-10)16-6-5-14(18-15(16)9-21)17-12(3)19-23-13(17)4/h5-6,9-11H,7-8H2,1-4H3/t10-,11+. The van der Waals surface area contributed by atoms with Crippen LogP contribution in [0.5, 0.6) is 0 Å². The molecule has 2 aromatic rings. The number of pyridine rings is 1. The molecule has 6 heteroatoms. The van der Waals surface area contributed by atoms with Gasteiger partial charge in [-0.15, -0.1) is 0 Å². The van der Waals surface area contributed by atoms with Crippen molar-refractivity contribution in [2.24, 2.45) is 0 Å². The molecule has 0 bridgehead atoms. The second-order valence-corrected chi connectivity index (χ2v) is 6.08. The highest BCUT2D eigenvalue weighted by Crippen LogP contribution is 2.29. The first-order chi connectivity index (χ1) is 11.0. The number of aldehydes is 1. The van der Waals surface area contributed by atoms with Crippen LogP contribution >= 0.6 is 0 Å². The number of ether oxygens (including phenoxy) is 1. The molecule has 2 atom stereocenters. The average Bonchev–Trinajstić information content (AvgIpc) is 2.84. The number of hydrogen-bond donors (Lipinski definition) is 0. The summed E-state index contributed by atoms with van der Waals surface area (Å²) in [5.74, 6) is 0.702. The Morgan fingerprint density at radius 2 is 1.91 bits per heavy atom. The van der Waals surface area contributed by atoms with Crippen molar-refractivity contribution in [2.75, 3.05) is 18.0 Å². The van der Waals surface area contributed by atoms with Gasteiger partial charge in [-0.2, -0.15) is 0 Å². The molecule has 0 N–H and O–H groups in total. The lowest BCUT2D eigenvalue weighted by atomic mass is 10.1. The fourth-order valence-electron chi connectivity index (χ4n) is 3.18. The highest BCUT2D eigenvalue weighted by atomic mass is 16.5. The van der Waals surface area contributed by atoms with Gasteiger partial charge in [0.05, 0.1) is 34.8 Å². The summed E-state index contributed by atoms with van der Waals surface area (Å²) >= 11 is 0. The van der Waals surface area contributed by atoms with Crippen LogP contribution in [0.25, 0.3) is 11.3 Å². The summed E-state index contributed by atoms with van der Waals surface area (Å²) < 4.78 is 10.9. The number of anilines is 1. The minimum absolute atomic E-state index is 0.125. The fraction of sp³-hybridized carbons (Fsp3) is 0.471. The highest BCUT2D eigenvalue weighted by Gasteiger charge is 2.25. The molecule has 1 aliphatic rings. The summed E-state index contributed by atoms with van der Waals surface area (Å²) in [6.07, 6.45) is 1.06. The van der Waals surface area contributed by atoms with Crippen molar-refractivity contribution in [3.05, 3.63) is 29.3 Å². The summed E-state index contributed by atoms with van der Waals surface area (Å²) in [6, 6.07) is 3.86. The molecular formula is C17H21N3O3. The van der Waals surface area contributed by atoms with E-state index in [1.54, 1.807) is 0 Å². The molecule has 0 radical (unpaired) electrons. The van der Waals surface area contributed by atoms with Gasteiger partial charge in [-0.3, -0.25) is 4.79 Å². The Labute approximate surface area is 135 Å². The molecule has 23 heavy (non-hydrogen) atoms. The summed E-state index contributed by atoms with van der Waals surface area (Å²) in [5, 5.41) is 3.95. The third-order valence-electron chi connectivity index (χ3n) is 4.06. The van der Waals surface area contributed by atoms with E-state index < -0.39 is 0 Å². The van der Waals surface area contributed by atoms with Gasteiger partial charge in [0.15, 0.2) is 6.29 Å². The molecule has 0 aliphatic carbocycles. The number of aromatic nitrogens is 2. The van der Waals surface area contributed by atoms with Crippen LogP contribution in [0.4, 0.5) is 5.69 Å². The van der Waals surface area contributed by atoms with E-state index in [9.17, 15) is 4.79 Å². The van der Waals surface area contributed by atoms with Crippen molar-refractivity contribution >= 4 is 12.0 Å². The number of hydrogen-bond acceptors (Lipinski definition) is 6. The first-order valence-electron chi connectivity index (χ1n) is 7.79. The molecule has 1 fully saturated rings. The van der Waals surface area contributed by atoms with Gasteiger partial charge in [0, 0.05) is 13.1 Å². The van der Waals surface area contributed by atoms with Gasteiger partial charge < -0.3 is 14.2 Å². The van der Waals surface area contributed by atoms with Crippen molar-refractivity contribution in [3.8, 4) is 11.3 Å². The molecule has 0 unspecified atom stereocenters. The topological polar surface area (TPSA) is 68.5 Å². The number of morpholine rings is 1. The smallest absolute Gasteiger partial charge is 0.170 e. The van der Waals surface area contributed by atoms with Gasteiger partial charge in [0.1, 0.15) is 11.5 Å². The zero-order valence-corrected chi connectivity index (χ0v) is 13.9. The predicted molar refractivity (Wildman–Crippen MR) is 86.8 cm³/mol. The number of carbonyl (C=O) groups is 1. The Hall–Kier alpha value is -2.21. The molecule has 0 amide bonds. The molecule has 3 heterocycles. The SMILES string of the molecule is Cc1noc(C)c1-c1ccc(N2C[C@@H](C)O[C@@H](C)C2)c(C=O)n1. The third-order valence-corrected chi connectivity index (χ3v) is 4.06. The van der Waals surface area contributed by atoms with Crippen LogP contribution in [0.3, 0.4) is 0 Å². The van der Waals surface area contributed by atoms with Crippen LogP contribution in [0.15, 0.2) is 16.7 Å². The molecule has 0 aromatic carbocycles. The highest BCUT2D eigenvalue weighted by molar-refractivity contribution is 5.84. The molecule has 122 valence electrons. The molecule has 0 spiro atoms. The number of aryl methyl sites for hydroxylation is 2. The molecule has 6 nitrogen and oxygen atoms in total. The van der Waals surface area contributed by atoms with E-state index in [0.717, 1.165) is 36.3 Å². The maximum atomic E-state index is 11.6. The zero-order chi connectivity index (χ0) is 16.6. The minimum Gasteiger partial charge on any atom is -0.372 e. The van der Waals surface area contributed by atoms with Crippen LogP contribution in [-0.4, -0.2) is 41.7 Å². The van der Waals surface area contributed by atoms with E-state index in [4.69, 9.17) is 9.26 Å². The molecule has 0 saturated carbocycles.